The van der Waals surface area contributed by atoms with Crippen molar-refractivity contribution in [1.29, 1.82) is 0 Å². The molecule has 1 nitrogen and oxygen atoms in total. The average molecular weight is 283 g/mol. The number of nitrogens with two attached hydrogens (primary N) is 1. The second-order valence-electron chi connectivity index (χ2n) is 4.17. The number of anilines is 1. The molecule has 0 amide bonds. The summed E-state index contributed by atoms with van der Waals surface area (Å²) in [5.74, 6) is 0. The molecule has 0 heterocycles. The highest BCUT2D eigenvalue weighted by Gasteiger charge is 2.33. The maximum Gasteiger partial charge on any atom is 0.417 e. The Morgan fingerprint density at radius 1 is 1.00 bits per heavy atom. The van der Waals surface area contributed by atoms with Gasteiger partial charge in [0.2, 0.25) is 0 Å². The second kappa shape index (κ2) is 5.17. The van der Waals surface area contributed by atoms with E-state index in [0.29, 0.717) is 0 Å². The number of aryl methyl sites for hydroxylation is 1. The van der Waals surface area contributed by atoms with Crippen molar-refractivity contribution >= 4 is 17.4 Å². The third-order valence-electron chi connectivity index (χ3n) is 2.56. The van der Waals surface area contributed by atoms with Gasteiger partial charge in [-0.3, -0.25) is 0 Å². The van der Waals surface area contributed by atoms with Crippen LogP contribution in [0.25, 0.3) is 0 Å². The summed E-state index contributed by atoms with van der Waals surface area (Å²) in [6.45, 7) is 1.93. The monoisotopic (exact) mass is 283 g/mol. The van der Waals surface area contributed by atoms with Crippen molar-refractivity contribution in [3.05, 3.63) is 53.6 Å². The Morgan fingerprint density at radius 2 is 1.63 bits per heavy atom. The predicted molar refractivity (Wildman–Crippen MR) is 71.2 cm³/mol. The highest BCUT2D eigenvalue weighted by molar-refractivity contribution is 7.99. The molecule has 2 rings (SSSR count). The van der Waals surface area contributed by atoms with Gasteiger partial charge in [-0.2, -0.15) is 13.2 Å². The SMILES string of the molecule is Cc1ccc(Sc2ccc(N)cc2C(F)(F)F)cc1. The Bertz CT molecular complexity index is 576. The van der Waals surface area contributed by atoms with Gasteiger partial charge in [0.25, 0.3) is 0 Å². The van der Waals surface area contributed by atoms with Gasteiger partial charge in [0, 0.05) is 15.5 Å². The number of halogens is 3. The molecular formula is C14H12F3NS. The van der Waals surface area contributed by atoms with Crippen LogP contribution in [0.4, 0.5) is 18.9 Å². The second-order valence-corrected chi connectivity index (χ2v) is 5.28. The molecule has 0 atom stereocenters. The Balaban J connectivity index is 2.37. The van der Waals surface area contributed by atoms with Crippen molar-refractivity contribution < 1.29 is 13.2 Å². The van der Waals surface area contributed by atoms with Crippen LogP contribution in [-0.2, 0) is 6.18 Å². The third kappa shape index (κ3) is 3.44. The zero-order chi connectivity index (χ0) is 14.0. The van der Waals surface area contributed by atoms with E-state index in [1.54, 1.807) is 12.1 Å². The molecule has 0 unspecified atom stereocenters. The summed E-state index contributed by atoms with van der Waals surface area (Å²) in [5.41, 5.74) is 5.91. The van der Waals surface area contributed by atoms with Gasteiger partial charge in [-0.25, -0.2) is 0 Å². The summed E-state index contributed by atoms with van der Waals surface area (Å²) in [6.07, 6.45) is -4.40. The molecule has 100 valence electrons. The van der Waals surface area contributed by atoms with E-state index in [4.69, 9.17) is 5.73 Å². The van der Waals surface area contributed by atoms with Gasteiger partial charge in [0.15, 0.2) is 0 Å². The van der Waals surface area contributed by atoms with Crippen LogP contribution in [0.1, 0.15) is 11.1 Å². The van der Waals surface area contributed by atoms with E-state index >= 15 is 0 Å². The number of hydrogen-bond acceptors (Lipinski definition) is 2. The summed E-state index contributed by atoms with van der Waals surface area (Å²) in [4.78, 5) is 0.923. The Kier molecular flexibility index (Phi) is 3.75. The summed E-state index contributed by atoms with van der Waals surface area (Å²) < 4.78 is 38.8. The van der Waals surface area contributed by atoms with Crippen molar-refractivity contribution in [1.82, 2.24) is 0 Å². The average Bonchev–Trinajstić information content (AvgIpc) is 2.33. The van der Waals surface area contributed by atoms with E-state index in [-0.39, 0.29) is 10.6 Å². The smallest absolute Gasteiger partial charge is 0.399 e. The summed E-state index contributed by atoms with van der Waals surface area (Å²) in [5, 5.41) is 0. The molecule has 0 aliphatic rings. The van der Waals surface area contributed by atoms with Crippen molar-refractivity contribution in [3.63, 3.8) is 0 Å². The molecular weight excluding hydrogens is 271 g/mol. The molecule has 0 bridgehead atoms. The van der Waals surface area contributed by atoms with Crippen molar-refractivity contribution in [2.24, 2.45) is 0 Å². The van der Waals surface area contributed by atoms with Gasteiger partial charge in [0.1, 0.15) is 0 Å². The summed E-state index contributed by atoms with van der Waals surface area (Å²) in [7, 11) is 0. The van der Waals surface area contributed by atoms with Crippen LogP contribution in [0.2, 0.25) is 0 Å². The van der Waals surface area contributed by atoms with Crippen LogP contribution < -0.4 is 5.73 Å². The highest BCUT2D eigenvalue weighted by Crippen LogP contribution is 2.40. The first kappa shape index (κ1) is 13.8. The maximum absolute atomic E-state index is 12.9. The Labute approximate surface area is 113 Å². The fourth-order valence-corrected chi connectivity index (χ4v) is 2.54. The van der Waals surface area contributed by atoms with Crippen LogP contribution in [-0.4, -0.2) is 0 Å². The minimum absolute atomic E-state index is 0.112. The van der Waals surface area contributed by atoms with E-state index in [1.165, 1.54) is 12.1 Å². The standard InChI is InChI=1S/C14H12F3NS/c1-9-2-5-11(6-3-9)19-13-7-4-10(18)8-12(13)14(15,16)17/h2-8H,18H2,1H3. The predicted octanol–water partition coefficient (Wildman–Crippen LogP) is 4.75. The van der Waals surface area contributed by atoms with Gasteiger partial charge >= 0.3 is 6.18 Å². The molecule has 2 N–H and O–H groups in total. The minimum Gasteiger partial charge on any atom is -0.399 e. The summed E-state index contributed by atoms with van der Waals surface area (Å²) in [6, 6.07) is 11.2. The number of hydrogen-bond donors (Lipinski definition) is 1. The molecule has 2 aromatic rings. The third-order valence-corrected chi connectivity index (χ3v) is 3.64. The topological polar surface area (TPSA) is 26.0 Å². The zero-order valence-electron chi connectivity index (χ0n) is 10.2. The molecule has 0 aliphatic heterocycles. The van der Waals surface area contributed by atoms with E-state index in [1.807, 2.05) is 19.1 Å². The molecule has 0 fully saturated rings. The number of rotatable bonds is 2. The fourth-order valence-electron chi connectivity index (χ4n) is 1.59. The van der Waals surface area contributed by atoms with Crippen LogP contribution in [0.3, 0.4) is 0 Å². The van der Waals surface area contributed by atoms with Crippen LogP contribution in [0.15, 0.2) is 52.3 Å². The van der Waals surface area contributed by atoms with Crippen LogP contribution in [0.5, 0.6) is 0 Å². The van der Waals surface area contributed by atoms with Crippen molar-refractivity contribution in [2.45, 2.75) is 22.9 Å². The van der Waals surface area contributed by atoms with Crippen molar-refractivity contribution in [3.8, 4) is 0 Å². The minimum atomic E-state index is -4.40. The van der Waals surface area contributed by atoms with Gasteiger partial charge in [-0.1, -0.05) is 29.5 Å². The fraction of sp³-hybridized carbons (Fsp3) is 0.143. The maximum atomic E-state index is 12.9. The van der Waals surface area contributed by atoms with E-state index in [9.17, 15) is 13.2 Å². The molecule has 0 aromatic heterocycles. The molecule has 0 radical (unpaired) electrons. The Hall–Kier alpha value is -1.62. The molecule has 0 saturated heterocycles. The molecule has 0 aliphatic carbocycles. The lowest BCUT2D eigenvalue weighted by atomic mass is 10.2. The lowest BCUT2D eigenvalue weighted by molar-refractivity contribution is -0.139. The van der Waals surface area contributed by atoms with Gasteiger partial charge in [-0.15, -0.1) is 0 Å². The first-order valence-corrected chi connectivity index (χ1v) is 6.39. The van der Waals surface area contributed by atoms with Crippen LogP contribution >= 0.6 is 11.8 Å². The van der Waals surface area contributed by atoms with Gasteiger partial charge in [0.05, 0.1) is 5.56 Å². The number of alkyl halides is 3. The quantitative estimate of drug-likeness (QED) is 0.805. The normalized spacial score (nSPS) is 11.6. The van der Waals surface area contributed by atoms with E-state index in [0.717, 1.165) is 28.3 Å². The first-order valence-electron chi connectivity index (χ1n) is 5.57. The van der Waals surface area contributed by atoms with Crippen molar-refractivity contribution in [2.75, 3.05) is 5.73 Å². The van der Waals surface area contributed by atoms with E-state index < -0.39 is 11.7 Å². The lowest BCUT2D eigenvalue weighted by Gasteiger charge is -2.13. The molecule has 2 aromatic carbocycles. The highest BCUT2D eigenvalue weighted by atomic mass is 32.2. The largest absolute Gasteiger partial charge is 0.417 e. The van der Waals surface area contributed by atoms with Crippen LogP contribution in [0, 0.1) is 6.92 Å². The first-order chi connectivity index (χ1) is 8.86. The van der Waals surface area contributed by atoms with Gasteiger partial charge < -0.3 is 5.73 Å². The number of nitrogen functional groups attached to an aromatic ring is 1. The molecule has 5 heteroatoms. The molecule has 19 heavy (non-hydrogen) atoms. The lowest BCUT2D eigenvalue weighted by Crippen LogP contribution is -2.07. The zero-order valence-corrected chi connectivity index (χ0v) is 11.0. The molecule has 0 saturated carbocycles. The summed E-state index contributed by atoms with van der Waals surface area (Å²) >= 11 is 1.08. The molecule has 0 spiro atoms. The van der Waals surface area contributed by atoms with E-state index in [2.05, 4.69) is 0 Å². The van der Waals surface area contributed by atoms with Gasteiger partial charge in [-0.05, 0) is 37.3 Å². The number of benzene rings is 2. The Morgan fingerprint density at radius 3 is 2.21 bits per heavy atom.